The van der Waals surface area contributed by atoms with Crippen LogP contribution >= 0.6 is 0 Å². The van der Waals surface area contributed by atoms with E-state index in [-0.39, 0.29) is 18.5 Å². The van der Waals surface area contributed by atoms with Gasteiger partial charge in [-0.2, -0.15) is 0 Å². The first-order valence-corrected chi connectivity index (χ1v) is 5.84. The van der Waals surface area contributed by atoms with E-state index in [2.05, 4.69) is 0 Å². The fourth-order valence-corrected chi connectivity index (χ4v) is 2.43. The highest BCUT2D eigenvalue weighted by Crippen LogP contribution is 2.25. The van der Waals surface area contributed by atoms with E-state index in [0.717, 1.165) is 6.42 Å². The molecule has 0 aliphatic carbocycles. The van der Waals surface area contributed by atoms with E-state index in [1.807, 2.05) is 0 Å². The number of hydrogen-bond acceptors (Lipinski definition) is 5. The first kappa shape index (κ1) is 12.3. The van der Waals surface area contributed by atoms with Crippen LogP contribution in [-0.2, 0) is 19.1 Å². The zero-order valence-corrected chi connectivity index (χ0v) is 9.98. The lowest BCUT2D eigenvalue weighted by molar-refractivity contribution is -0.152. The summed E-state index contributed by atoms with van der Waals surface area (Å²) in [5.41, 5.74) is 5.06. The van der Waals surface area contributed by atoms with Gasteiger partial charge in [0.05, 0.1) is 13.7 Å². The van der Waals surface area contributed by atoms with E-state index < -0.39 is 11.6 Å². The van der Waals surface area contributed by atoms with Gasteiger partial charge in [0.2, 0.25) is 5.91 Å². The average Bonchev–Trinajstić information content (AvgIpc) is 2.96. The van der Waals surface area contributed by atoms with Crippen molar-refractivity contribution in [3.8, 4) is 0 Å². The summed E-state index contributed by atoms with van der Waals surface area (Å²) in [4.78, 5) is 25.4. The minimum Gasteiger partial charge on any atom is -0.467 e. The van der Waals surface area contributed by atoms with Gasteiger partial charge >= 0.3 is 5.97 Å². The van der Waals surface area contributed by atoms with Gasteiger partial charge in [0.15, 0.2) is 0 Å². The summed E-state index contributed by atoms with van der Waals surface area (Å²) in [5.74, 6) is -0.554. The van der Waals surface area contributed by atoms with Crippen LogP contribution in [0.1, 0.15) is 19.3 Å². The maximum atomic E-state index is 12.3. The molecule has 0 bridgehead atoms. The number of hydrogen-bond donors (Lipinski definition) is 1. The van der Waals surface area contributed by atoms with Crippen LogP contribution in [0.5, 0.6) is 0 Å². The van der Waals surface area contributed by atoms with Gasteiger partial charge in [-0.1, -0.05) is 0 Å². The molecule has 17 heavy (non-hydrogen) atoms. The van der Waals surface area contributed by atoms with Crippen molar-refractivity contribution in [3.05, 3.63) is 0 Å². The van der Waals surface area contributed by atoms with E-state index in [9.17, 15) is 9.59 Å². The van der Waals surface area contributed by atoms with Gasteiger partial charge in [0.1, 0.15) is 11.6 Å². The molecule has 2 saturated heterocycles. The van der Waals surface area contributed by atoms with Crippen molar-refractivity contribution in [1.29, 1.82) is 0 Å². The lowest BCUT2D eigenvalue weighted by Crippen LogP contribution is -2.58. The van der Waals surface area contributed by atoms with Gasteiger partial charge in [-0.25, -0.2) is 4.79 Å². The predicted octanol–water partition coefficient (Wildman–Crippen LogP) is -0.732. The lowest BCUT2D eigenvalue weighted by atomic mass is 9.98. The molecule has 2 fully saturated rings. The molecule has 2 aliphatic heterocycles. The third-order valence-corrected chi connectivity index (χ3v) is 3.46. The zero-order valence-electron chi connectivity index (χ0n) is 9.98. The van der Waals surface area contributed by atoms with Gasteiger partial charge in [0.25, 0.3) is 0 Å². The monoisotopic (exact) mass is 242 g/mol. The summed E-state index contributed by atoms with van der Waals surface area (Å²) in [6.45, 7) is 1.30. The van der Waals surface area contributed by atoms with Crippen molar-refractivity contribution in [2.24, 2.45) is 5.73 Å². The van der Waals surface area contributed by atoms with Crippen molar-refractivity contribution in [2.45, 2.75) is 30.8 Å². The molecule has 2 heterocycles. The largest absolute Gasteiger partial charge is 0.467 e. The summed E-state index contributed by atoms with van der Waals surface area (Å²) in [7, 11) is 1.33. The number of methoxy groups -OCH3 is 1. The Morgan fingerprint density at radius 2 is 2.29 bits per heavy atom. The second-order valence-corrected chi connectivity index (χ2v) is 4.64. The molecule has 2 unspecified atom stereocenters. The number of ether oxygens (including phenoxy) is 2. The lowest BCUT2D eigenvalue weighted by Gasteiger charge is -2.30. The van der Waals surface area contributed by atoms with Crippen LogP contribution in [0.2, 0.25) is 0 Å². The summed E-state index contributed by atoms with van der Waals surface area (Å²) in [6.07, 6.45) is 1.97. The van der Waals surface area contributed by atoms with Crippen LogP contribution < -0.4 is 5.73 Å². The smallest absolute Gasteiger partial charge is 0.328 e. The van der Waals surface area contributed by atoms with Gasteiger partial charge in [-0.15, -0.1) is 0 Å². The third-order valence-electron chi connectivity index (χ3n) is 3.46. The Hall–Kier alpha value is -1.14. The highest BCUT2D eigenvalue weighted by molar-refractivity contribution is 5.91. The van der Waals surface area contributed by atoms with E-state index >= 15 is 0 Å². The second kappa shape index (κ2) is 4.62. The molecule has 0 radical (unpaired) electrons. The zero-order chi connectivity index (χ0) is 12.5. The average molecular weight is 242 g/mol. The highest BCUT2D eigenvalue weighted by atomic mass is 16.5. The molecular formula is C11H18N2O4. The van der Waals surface area contributed by atoms with Crippen LogP contribution in [0.4, 0.5) is 0 Å². The predicted molar refractivity (Wildman–Crippen MR) is 59.1 cm³/mol. The molecule has 0 aromatic carbocycles. The number of amides is 1. The molecule has 96 valence electrons. The highest BCUT2D eigenvalue weighted by Gasteiger charge is 2.46. The van der Waals surface area contributed by atoms with Crippen LogP contribution in [0.3, 0.4) is 0 Å². The number of carbonyl (C=O) groups excluding carboxylic acids is 2. The van der Waals surface area contributed by atoms with Crippen molar-refractivity contribution in [3.63, 3.8) is 0 Å². The first-order valence-electron chi connectivity index (χ1n) is 5.84. The molecule has 2 aliphatic rings. The molecule has 6 heteroatoms. The third kappa shape index (κ3) is 2.14. The van der Waals surface area contributed by atoms with Crippen molar-refractivity contribution in [2.75, 3.05) is 26.9 Å². The van der Waals surface area contributed by atoms with Crippen LogP contribution in [0, 0.1) is 0 Å². The number of likely N-dealkylation sites (tertiary alicyclic amines) is 1. The standard InChI is InChI=1S/C11H18N2O4/c1-16-9(14)8-3-2-5-13(8)10(15)11(12)4-6-17-7-11/h8H,2-7,12H2,1H3. The van der Waals surface area contributed by atoms with Crippen LogP contribution in [0.25, 0.3) is 0 Å². The number of nitrogens with two attached hydrogens (primary N) is 1. The second-order valence-electron chi connectivity index (χ2n) is 4.64. The Morgan fingerprint density at radius 3 is 2.88 bits per heavy atom. The Balaban J connectivity index is 2.10. The Labute approximate surface area is 100 Å². The molecule has 6 nitrogen and oxygen atoms in total. The Morgan fingerprint density at radius 1 is 1.53 bits per heavy atom. The summed E-state index contributed by atoms with van der Waals surface area (Å²) < 4.78 is 9.88. The molecule has 0 saturated carbocycles. The molecule has 2 rings (SSSR count). The van der Waals surface area contributed by atoms with E-state index in [0.29, 0.717) is 26.0 Å². The quantitative estimate of drug-likeness (QED) is 0.645. The first-order chi connectivity index (χ1) is 8.08. The van der Waals surface area contributed by atoms with Crippen molar-refractivity contribution < 1.29 is 19.1 Å². The minimum atomic E-state index is -0.962. The Kier molecular flexibility index (Phi) is 3.35. The van der Waals surface area contributed by atoms with Crippen LogP contribution in [-0.4, -0.2) is 55.2 Å². The Bertz CT molecular complexity index is 325. The van der Waals surface area contributed by atoms with Crippen molar-refractivity contribution in [1.82, 2.24) is 4.90 Å². The summed E-state index contributed by atoms with van der Waals surface area (Å²) >= 11 is 0. The fourth-order valence-electron chi connectivity index (χ4n) is 2.43. The van der Waals surface area contributed by atoms with Crippen molar-refractivity contribution >= 4 is 11.9 Å². The molecular weight excluding hydrogens is 224 g/mol. The van der Waals surface area contributed by atoms with E-state index in [1.54, 1.807) is 4.90 Å². The van der Waals surface area contributed by atoms with Crippen LogP contribution in [0.15, 0.2) is 0 Å². The number of carbonyl (C=O) groups is 2. The minimum absolute atomic E-state index is 0.192. The van der Waals surface area contributed by atoms with E-state index in [1.165, 1.54) is 7.11 Å². The normalized spacial score (nSPS) is 32.8. The maximum Gasteiger partial charge on any atom is 0.328 e. The van der Waals surface area contributed by atoms with Gasteiger partial charge < -0.3 is 20.1 Å². The van der Waals surface area contributed by atoms with Gasteiger partial charge in [0, 0.05) is 13.2 Å². The molecule has 0 aromatic rings. The van der Waals surface area contributed by atoms with Gasteiger partial charge in [-0.3, -0.25) is 4.79 Å². The molecule has 2 atom stereocenters. The summed E-state index contributed by atoms with van der Waals surface area (Å²) in [6, 6.07) is -0.478. The van der Waals surface area contributed by atoms with E-state index in [4.69, 9.17) is 15.2 Å². The topological polar surface area (TPSA) is 81.9 Å². The summed E-state index contributed by atoms with van der Waals surface area (Å²) in [5, 5.41) is 0. The number of rotatable bonds is 2. The number of esters is 1. The SMILES string of the molecule is COC(=O)C1CCCN1C(=O)C1(N)CCOC1. The fraction of sp³-hybridized carbons (Fsp3) is 0.818. The molecule has 0 spiro atoms. The molecule has 1 amide bonds. The number of nitrogens with zero attached hydrogens (tertiary/aromatic N) is 1. The maximum absolute atomic E-state index is 12.3. The molecule has 0 aromatic heterocycles. The van der Waals surface area contributed by atoms with Gasteiger partial charge in [-0.05, 0) is 19.3 Å². The molecule has 2 N–H and O–H groups in total.